The highest BCUT2D eigenvalue weighted by Crippen LogP contribution is 2.34. The Balaban J connectivity index is 1.66. The van der Waals surface area contributed by atoms with Gasteiger partial charge in [0.25, 0.3) is 5.91 Å². The zero-order valence-electron chi connectivity index (χ0n) is 17.8. The molecule has 3 aliphatic rings. The summed E-state index contributed by atoms with van der Waals surface area (Å²) in [5.74, 6) is 0.142. The predicted octanol–water partition coefficient (Wildman–Crippen LogP) is 4.17. The van der Waals surface area contributed by atoms with Crippen molar-refractivity contribution >= 4 is 39.3 Å². The molecule has 0 radical (unpaired) electrons. The van der Waals surface area contributed by atoms with E-state index in [9.17, 15) is 14.9 Å². The minimum absolute atomic E-state index is 0.198. The third kappa shape index (κ3) is 5.79. The molecule has 172 valence electrons. The maximum absolute atomic E-state index is 13.2. The molecule has 2 amide bonds. The molecular weight excluding hydrogens is 510 g/mol. The molecule has 0 aromatic heterocycles. The molecule has 2 bridgehead atoms. The van der Waals surface area contributed by atoms with E-state index in [1.165, 1.54) is 0 Å². The summed E-state index contributed by atoms with van der Waals surface area (Å²) in [6.07, 6.45) is 2.88. The molecule has 1 aliphatic carbocycles. The third-order valence-corrected chi connectivity index (χ3v) is 6.41. The molecular formula is C24H23BrClN3O4. The van der Waals surface area contributed by atoms with Gasteiger partial charge in [0.2, 0.25) is 5.91 Å². The average Bonchev–Trinajstić information content (AvgIpc) is 3.56. The first-order valence-corrected chi connectivity index (χ1v) is 11.9. The largest absolute Gasteiger partial charge is 0.493 e. The highest BCUT2D eigenvalue weighted by atomic mass is 79.9. The minimum atomic E-state index is -0.911. The maximum atomic E-state index is 13.2. The van der Waals surface area contributed by atoms with Crippen molar-refractivity contribution in [1.29, 1.82) is 5.26 Å². The highest BCUT2D eigenvalue weighted by Gasteiger charge is 2.45. The number of halogens is 2. The monoisotopic (exact) mass is 531 g/mol. The summed E-state index contributed by atoms with van der Waals surface area (Å²) in [7, 11) is 0. The lowest BCUT2D eigenvalue weighted by molar-refractivity contribution is -0.123. The van der Waals surface area contributed by atoms with Crippen LogP contribution < -0.4 is 20.1 Å². The number of nitriles is 1. The minimum Gasteiger partial charge on any atom is -0.493 e. The molecule has 7 nitrogen and oxygen atoms in total. The Labute approximate surface area is 205 Å². The van der Waals surface area contributed by atoms with Gasteiger partial charge in [-0.1, -0.05) is 33.6 Å². The highest BCUT2D eigenvalue weighted by molar-refractivity contribution is 9.10. The van der Waals surface area contributed by atoms with Gasteiger partial charge >= 0.3 is 0 Å². The van der Waals surface area contributed by atoms with E-state index in [-0.39, 0.29) is 6.42 Å². The van der Waals surface area contributed by atoms with E-state index in [0.717, 1.165) is 18.4 Å². The van der Waals surface area contributed by atoms with Gasteiger partial charge in [0.15, 0.2) is 0 Å². The molecule has 2 aromatic carbocycles. The van der Waals surface area contributed by atoms with E-state index in [2.05, 4.69) is 32.6 Å². The van der Waals surface area contributed by atoms with Crippen molar-refractivity contribution in [3.8, 4) is 17.6 Å². The Hall–Kier alpha value is -2.76. The Kier molecular flexibility index (Phi) is 7.11. The molecule has 2 heterocycles. The number of rotatable bonds is 2. The number of fused-ring (bicyclic) bond motifs is 10. The first-order valence-electron chi connectivity index (χ1n) is 10.8. The maximum Gasteiger partial charge on any atom is 0.255 e. The van der Waals surface area contributed by atoms with Gasteiger partial charge in [-0.15, -0.1) is 0 Å². The molecule has 33 heavy (non-hydrogen) atoms. The van der Waals surface area contributed by atoms with E-state index >= 15 is 0 Å². The van der Waals surface area contributed by atoms with Gasteiger partial charge in [-0.2, -0.15) is 5.26 Å². The summed E-state index contributed by atoms with van der Waals surface area (Å²) in [4.78, 5) is 26.3. The Morgan fingerprint density at radius 2 is 1.85 bits per heavy atom. The summed E-state index contributed by atoms with van der Waals surface area (Å²) >= 11 is 9.78. The molecule has 0 saturated heterocycles. The summed E-state index contributed by atoms with van der Waals surface area (Å²) in [6.45, 7) is 0.893. The van der Waals surface area contributed by atoms with Crippen LogP contribution >= 0.6 is 27.5 Å². The Morgan fingerprint density at radius 3 is 2.52 bits per heavy atom. The van der Waals surface area contributed by atoms with Crippen LogP contribution in [0.1, 0.15) is 41.6 Å². The standard InChI is InChI=1S/C24H23BrClN3O4/c25-16-4-6-20-17(13-16)22(30)28-19(23(31)29-24(14-27)7-8-24)12-15-3-5-21(18(26)11-15)33-10-2-1-9-32-20/h3-6,11,13,19H,1-2,7-10,12H2,(H,28,30)(H,29,31). The first-order chi connectivity index (χ1) is 15.9. The number of carbonyl (C=O) groups excluding carboxylic acids is 2. The second-order valence-corrected chi connectivity index (χ2v) is 9.55. The van der Waals surface area contributed by atoms with Gasteiger partial charge in [-0.05, 0) is 61.6 Å². The van der Waals surface area contributed by atoms with Gasteiger partial charge in [0, 0.05) is 10.9 Å². The second-order valence-electron chi connectivity index (χ2n) is 8.22. The van der Waals surface area contributed by atoms with Crippen molar-refractivity contribution in [2.24, 2.45) is 0 Å². The van der Waals surface area contributed by atoms with Crippen molar-refractivity contribution in [1.82, 2.24) is 10.6 Å². The summed E-state index contributed by atoms with van der Waals surface area (Å²) in [6, 6.07) is 11.7. The van der Waals surface area contributed by atoms with E-state index < -0.39 is 23.4 Å². The molecule has 1 unspecified atom stereocenters. The van der Waals surface area contributed by atoms with Crippen LogP contribution in [0.5, 0.6) is 11.5 Å². The number of hydrogen-bond acceptors (Lipinski definition) is 5. The van der Waals surface area contributed by atoms with Crippen LogP contribution in [0.25, 0.3) is 0 Å². The quantitative estimate of drug-likeness (QED) is 0.605. The molecule has 9 heteroatoms. The lowest BCUT2D eigenvalue weighted by Crippen LogP contribution is -2.51. The number of hydrogen-bond donors (Lipinski definition) is 2. The number of nitrogens with one attached hydrogen (secondary N) is 2. The van der Waals surface area contributed by atoms with Crippen LogP contribution in [0.3, 0.4) is 0 Å². The third-order valence-electron chi connectivity index (χ3n) is 5.62. The van der Waals surface area contributed by atoms with Gasteiger partial charge in [-0.3, -0.25) is 9.59 Å². The zero-order valence-corrected chi connectivity index (χ0v) is 20.2. The molecule has 1 fully saturated rings. The molecule has 5 rings (SSSR count). The Bertz CT molecular complexity index is 1110. The van der Waals surface area contributed by atoms with Crippen molar-refractivity contribution in [3.05, 3.63) is 57.0 Å². The average molecular weight is 533 g/mol. The molecule has 2 N–H and O–H groups in total. The van der Waals surface area contributed by atoms with Crippen LogP contribution in [0, 0.1) is 11.3 Å². The molecule has 1 saturated carbocycles. The normalized spacial score (nSPS) is 19.8. The van der Waals surface area contributed by atoms with Crippen LogP contribution in [-0.2, 0) is 11.2 Å². The van der Waals surface area contributed by atoms with Gasteiger partial charge in [0.05, 0.1) is 29.9 Å². The lowest BCUT2D eigenvalue weighted by atomic mass is 10.0. The molecule has 0 spiro atoms. The van der Waals surface area contributed by atoms with E-state index in [1.807, 2.05) is 6.07 Å². The first kappa shape index (κ1) is 23.4. The number of nitrogens with zero attached hydrogens (tertiary/aromatic N) is 1. The van der Waals surface area contributed by atoms with Crippen molar-refractivity contribution in [2.45, 2.75) is 43.7 Å². The number of carbonyl (C=O) groups is 2. The zero-order chi connectivity index (χ0) is 23.4. The van der Waals surface area contributed by atoms with Crippen molar-refractivity contribution in [3.63, 3.8) is 0 Å². The van der Waals surface area contributed by atoms with Gasteiger partial charge in [-0.25, -0.2) is 0 Å². The summed E-state index contributed by atoms with van der Waals surface area (Å²) in [5, 5.41) is 15.4. The molecule has 1 atom stereocenters. The van der Waals surface area contributed by atoms with E-state index in [1.54, 1.807) is 30.3 Å². The number of ether oxygens (including phenoxy) is 2. The van der Waals surface area contributed by atoms with Gasteiger partial charge in [0.1, 0.15) is 23.1 Å². The number of benzene rings is 2. The fourth-order valence-corrected chi connectivity index (χ4v) is 4.17. The smallest absolute Gasteiger partial charge is 0.255 e. The predicted molar refractivity (Wildman–Crippen MR) is 126 cm³/mol. The SMILES string of the molecule is N#CC1(NC(=O)C2Cc3ccc(c(Cl)c3)OCCCCOc3ccc(Br)cc3C(=O)N2)CC1. The van der Waals surface area contributed by atoms with E-state index in [4.69, 9.17) is 21.1 Å². The fourth-order valence-electron chi connectivity index (χ4n) is 3.56. The topological polar surface area (TPSA) is 100 Å². The fraction of sp³-hybridized carbons (Fsp3) is 0.375. The lowest BCUT2D eigenvalue weighted by Gasteiger charge is -2.22. The Morgan fingerprint density at radius 1 is 1.15 bits per heavy atom. The molecule has 2 aromatic rings. The van der Waals surface area contributed by atoms with Gasteiger partial charge < -0.3 is 20.1 Å². The molecule has 2 aliphatic heterocycles. The number of amides is 2. The van der Waals surface area contributed by atoms with Crippen molar-refractivity contribution < 1.29 is 19.1 Å². The van der Waals surface area contributed by atoms with Crippen LogP contribution in [0.2, 0.25) is 5.02 Å². The van der Waals surface area contributed by atoms with Crippen LogP contribution in [-0.4, -0.2) is 36.6 Å². The van der Waals surface area contributed by atoms with Crippen LogP contribution in [0.4, 0.5) is 0 Å². The van der Waals surface area contributed by atoms with Crippen LogP contribution in [0.15, 0.2) is 40.9 Å². The summed E-state index contributed by atoms with van der Waals surface area (Å²) in [5.41, 5.74) is 0.226. The van der Waals surface area contributed by atoms with E-state index in [0.29, 0.717) is 52.6 Å². The van der Waals surface area contributed by atoms with Crippen molar-refractivity contribution in [2.75, 3.05) is 13.2 Å². The summed E-state index contributed by atoms with van der Waals surface area (Å²) < 4.78 is 12.3. The second kappa shape index (κ2) is 10.0.